The van der Waals surface area contributed by atoms with Gasteiger partial charge in [-0.2, -0.15) is 0 Å². The first-order valence-corrected chi connectivity index (χ1v) is 8.29. The van der Waals surface area contributed by atoms with Crippen molar-refractivity contribution in [2.24, 2.45) is 0 Å². The Kier molecular flexibility index (Phi) is 4.32. The summed E-state index contributed by atoms with van der Waals surface area (Å²) < 4.78 is 0. The number of hydrogen-bond donors (Lipinski definition) is 2. The summed E-state index contributed by atoms with van der Waals surface area (Å²) in [5.74, 6) is 0. The molecule has 22 heavy (non-hydrogen) atoms. The predicted octanol–water partition coefficient (Wildman–Crippen LogP) is 1.95. The Hall–Kier alpha value is -1.64. The molecule has 2 heteroatoms. The highest BCUT2D eigenvalue weighted by Gasteiger charge is 2.36. The van der Waals surface area contributed by atoms with Crippen molar-refractivity contribution in [2.75, 3.05) is 20.6 Å². The lowest BCUT2D eigenvalue weighted by atomic mass is 9.80. The van der Waals surface area contributed by atoms with E-state index >= 15 is 0 Å². The Morgan fingerprint density at radius 2 is 1.41 bits per heavy atom. The van der Waals surface area contributed by atoms with E-state index in [1.165, 1.54) is 16.0 Å². The molecule has 2 N–H and O–H groups in total. The Balaban J connectivity index is 2.05. The second-order valence-electron chi connectivity index (χ2n) is 6.74. The van der Waals surface area contributed by atoms with Gasteiger partial charge >= 0.3 is 0 Å². The van der Waals surface area contributed by atoms with E-state index in [9.17, 15) is 5.11 Å². The number of quaternary nitrogens is 1. The minimum absolute atomic E-state index is 0.784. The maximum Gasteiger partial charge on any atom is 0.115 e. The van der Waals surface area contributed by atoms with E-state index in [0.717, 1.165) is 43.4 Å². The normalized spacial score (nSPS) is 16.0. The molecule has 116 valence electrons. The van der Waals surface area contributed by atoms with Crippen LogP contribution in [0.3, 0.4) is 0 Å². The minimum atomic E-state index is -0.848. The molecule has 0 heterocycles. The number of aryl methyl sites for hydroxylation is 2. The number of fused-ring (bicyclic) bond motifs is 2. The van der Waals surface area contributed by atoms with Gasteiger partial charge in [0.15, 0.2) is 0 Å². The van der Waals surface area contributed by atoms with Crippen LogP contribution in [0.2, 0.25) is 0 Å². The molecule has 3 rings (SSSR count). The second-order valence-corrected chi connectivity index (χ2v) is 6.74. The summed E-state index contributed by atoms with van der Waals surface area (Å²) in [6, 6.07) is 16.8. The minimum Gasteiger partial charge on any atom is -0.380 e. The van der Waals surface area contributed by atoms with Crippen molar-refractivity contribution < 1.29 is 10.0 Å². The van der Waals surface area contributed by atoms with Gasteiger partial charge < -0.3 is 10.0 Å². The van der Waals surface area contributed by atoms with Crippen LogP contribution in [0.4, 0.5) is 0 Å². The highest BCUT2D eigenvalue weighted by atomic mass is 16.3. The van der Waals surface area contributed by atoms with E-state index in [1.54, 1.807) is 0 Å². The molecule has 0 saturated carbocycles. The highest BCUT2D eigenvalue weighted by Crippen LogP contribution is 2.40. The maximum absolute atomic E-state index is 11.7. The van der Waals surface area contributed by atoms with Crippen molar-refractivity contribution in [2.45, 2.75) is 31.3 Å². The summed E-state index contributed by atoms with van der Waals surface area (Å²) in [4.78, 5) is 1.43. The molecule has 0 aliphatic heterocycles. The molecular formula is C20H26NO+. The molecule has 0 radical (unpaired) electrons. The lowest BCUT2D eigenvalue weighted by molar-refractivity contribution is -0.858. The molecule has 0 amide bonds. The fraction of sp³-hybridized carbons (Fsp3) is 0.400. The van der Waals surface area contributed by atoms with Crippen LogP contribution in [-0.2, 0) is 18.4 Å². The third-order valence-electron chi connectivity index (χ3n) is 4.80. The largest absolute Gasteiger partial charge is 0.380 e. The molecule has 2 aromatic rings. The van der Waals surface area contributed by atoms with Gasteiger partial charge in [-0.3, -0.25) is 0 Å². The van der Waals surface area contributed by atoms with Crippen molar-refractivity contribution in [3.63, 3.8) is 0 Å². The third-order valence-corrected chi connectivity index (χ3v) is 4.80. The molecular weight excluding hydrogens is 270 g/mol. The summed E-state index contributed by atoms with van der Waals surface area (Å²) in [6.45, 7) is 1.08. The van der Waals surface area contributed by atoms with Crippen molar-refractivity contribution >= 4 is 0 Å². The smallest absolute Gasteiger partial charge is 0.115 e. The van der Waals surface area contributed by atoms with Gasteiger partial charge in [-0.05, 0) is 47.9 Å². The molecule has 1 aliphatic carbocycles. The molecule has 0 atom stereocenters. The fourth-order valence-electron chi connectivity index (χ4n) is 3.67. The van der Waals surface area contributed by atoms with Gasteiger partial charge in [0, 0.05) is 0 Å². The second kappa shape index (κ2) is 6.23. The average Bonchev–Trinajstić information content (AvgIpc) is 2.64. The number of benzene rings is 2. The lowest BCUT2D eigenvalue weighted by Crippen LogP contribution is -3.05. The first-order chi connectivity index (χ1) is 10.6. The molecule has 0 spiro atoms. The number of rotatable bonds is 4. The van der Waals surface area contributed by atoms with Gasteiger partial charge in [-0.25, -0.2) is 0 Å². The predicted molar refractivity (Wildman–Crippen MR) is 90.2 cm³/mol. The Morgan fingerprint density at radius 1 is 0.909 bits per heavy atom. The number of hydrogen-bond acceptors (Lipinski definition) is 1. The summed E-state index contributed by atoms with van der Waals surface area (Å²) in [5, 5.41) is 11.7. The first-order valence-electron chi connectivity index (χ1n) is 8.29. The number of aliphatic hydroxyl groups is 1. The van der Waals surface area contributed by atoms with Gasteiger partial charge in [0.2, 0.25) is 0 Å². The topological polar surface area (TPSA) is 24.7 Å². The summed E-state index contributed by atoms with van der Waals surface area (Å²) in [5.41, 5.74) is 3.94. The first kappa shape index (κ1) is 15.3. The van der Waals surface area contributed by atoms with E-state index in [2.05, 4.69) is 62.6 Å². The maximum atomic E-state index is 11.7. The monoisotopic (exact) mass is 296 g/mol. The van der Waals surface area contributed by atoms with E-state index in [1.807, 2.05) is 0 Å². The average molecular weight is 296 g/mol. The van der Waals surface area contributed by atoms with Crippen molar-refractivity contribution in [1.29, 1.82) is 0 Å². The van der Waals surface area contributed by atoms with Crippen LogP contribution < -0.4 is 4.90 Å². The summed E-state index contributed by atoms with van der Waals surface area (Å²) >= 11 is 0. The van der Waals surface area contributed by atoms with E-state index in [4.69, 9.17) is 0 Å². The van der Waals surface area contributed by atoms with Gasteiger partial charge in [0.25, 0.3) is 0 Å². The molecule has 0 aromatic heterocycles. The SMILES string of the molecule is C[NH+](C)CCCC1(O)c2ccccc2CCc2ccccc21. The van der Waals surface area contributed by atoms with E-state index < -0.39 is 5.60 Å². The van der Waals surface area contributed by atoms with Crippen LogP contribution in [0.1, 0.15) is 35.1 Å². The van der Waals surface area contributed by atoms with E-state index in [0.29, 0.717) is 0 Å². The zero-order valence-corrected chi connectivity index (χ0v) is 13.6. The standard InChI is InChI=1S/C20H25NO/c1-21(2)15-7-14-20(22)18-10-5-3-8-16(18)12-13-17-9-4-6-11-19(17)20/h3-6,8-11,22H,7,12-15H2,1-2H3/p+1. The van der Waals surface area contributed by atoms with Gasteiger partial charge in [0.05, 0.1) is 20.6 Å². The summed E-state index contributed by atoms with van der Waals surface area (Å²) in [6.07, 6.45) is 3.82. The third kappa shape index (κ3) is 2.81. The van der Waals surface area contributed by atoms with E-state index in [-0.39, 0.29) is 0 Å². The molecule has 0 fully saturated rings. The fourth-order valence-corrected chi connectivity index (χ4v) is 3.67. The lowest BCUT2D eigenvalue weighted by Gasteiger charge is -2.31. The van der Waals surface area contributed by atoms with Crippen LogP contribution >= 0.6 is 0 Å². The zero-order valence-electron chi connectivity index (χ0n) is 13.6. The Bertz CT molecular complexity index is 600. The van der Waals surface area contributed by atoms with Crippen LogP contribution in [0.25, 0.3) is 0 Å². The zero-order chi connectivity index (χ0) is 15.6. The molecule has 0 saturated heterocycles. The van der Waals surface area contributed by atoms with Crippen LogP contribution in [0.5, 0.6) is 0 Å². The quantitative estimate of drug-likeness (QED) is 0.885. The van der Waals surface area contributed by atoms with Crippen molar-refractivity contribution in [1.82, 2.24) is 0 Å². The molecule has 1 aliphatic rings. The Morgan fingerprint density at radius 3 is 1.91 bits per heavy atom. The van der Waals surface area contributed by atoms with Gasteiger partial charge in [-0.15, -0.1) is 0 Å². The molecule has 2 nitrogen and oxygen atoms in total. The van der Waals surface area contributed by atoms with Crippen molar-refractivity contribution in [3.05, 3.63) is 70.8 Å². The van der Waals surface area contributed by atoms with Crippen LogP contribution in [0, 0.1) is 0 Å². The van der Waals surface area contributed by atoms with Crippen LogP contribution in [0.15, 0.2) is 48.5 Å². The van der Waals surface area contributed by atoms with Gasteiger partial charge in [0.1, 0.15) is 5.60 Å². The number of nitrogens with one attached hydrogen (secondary N) is 1. The van der Waals surface area contributed by atoms with Gasteiger partial charge in [-0.1, -0.05) is 48.5 Å². The Labute approximate surface area is 133 Å². The summed E-state index contributed by atoms with van der Waals surface area (Å²) in [7, 11) is 4.33. The molecule has 0 unspecified atom stereocenters. The van der Waals surface area contributed by atoms with Crippen molar-refractivity contribution in [3.8, 4) is 0 Å². The molecule has 0 bridgehead atoms. The van der Waals surface area contributed by atoms with Crippen LogP contribution in [-0.4, -0.2) is 25.7 Å². The highest BCUT2D eigenvalue weighted by molar-refractivity contribution is 5.47. The molecule has 2 aromatic carbocycles.